The Kier molecular flexibility index (Phi) is 3.50. The van der Waals surface area contributed by atoms with Crippen LogP contribution in [0.5, 0.6) is 0 Å². The van der Waals surface area contributed by atoms with Gasteiger partial charge in [-0.3, -0.25) is 0 Å². The molecular formula is C13H15F2NO2. The van der Waals surface area contributed by atoms with Gasteiger partial charge in [0.15, 0.2) is 0 Å². The highest BCUT2D eigenvalue weighted by atomic mass is 19.1. The third-order valence-electron chi connectivity index (χ3n) is 3.40. The van der Waals surface area contributed by atoms with Gasteiger partial charge in [0.2, 0.25) is 0 Å². The zero-order chi connectivity index (χ0) is 13.3. The monoisotopic (exact) mass is 255 g/mol. The SMILES string of the molecule is CCC1CCCN1c1c(F)cc(C(=O)O)cc1F. The number of halogens is 2. The van der Waals surface area contributed by atoms with E-state index in [1.165, 1.54) is 0 Å². The van der Waals surface area contributed by atoms with Crippen LogP contribution in [0.15, 0.2) is 12.1 Å². The van der Waals surface area contributed by atoms with Crippen molar-refractivity contribution in [1.82, 2.24) is 0 Å². The van der Waals surface area contributed by atoms with E-state index in [9.17, 15) is 13.6 Å². The van der Waals surface area contributed by atoms with Crippen LogP contribution in [0.2, 0.25) is 0 Å². The van der Waals surface area contributed by atoms with E-state index in [0.717, 1.165) is 31.4 Å². The number of carboxylic acid groups (broad SMARTS) is 1. The number of aromatic carboxylic acids is 1. The van der Waals surface area contributed by atoms with Gasteiger partial charge in [-0.1, -0.05) is 6.92 Å². The Morgan fingerprint density at radius 1 is 1.44 bits per heavy atom. The van der Waals surface area contributed by atoms with Gasteiger partial charge in [0.25, 0.3) is 0 Å². The van der Waals surface area contributed by atoms with E-state index in [2.05, 4.69) is 0 Å². The van der Waals surface area contributed by atoms with Gasteiger partial charge in [0, 0.05) is 12.6 Å². The molecule has 1 aromatic rings. The molecule has 0 aliphatic carbocycles. The second-order valence-electron chi connectivity index (χ2n) is 4.49. The Morgan fingerprint density at radius 2 is 2.06 bits per heavy atom. The summed E-state index contributed by atoms with van der Waals surface area (Å²) in [6.45, 7) is 2.59. The minimum Gasteiger partial charge on any atom is -0.478 e. The number of hydrogen-bond acceptors (Lipinski definition) is 2. The number of carboxylic acids is 1. The summed E-state index contributed by atoms with van der Waals surface area (Å²) >= 11 is 0. The molecule has 98 valence electrons. The Balaban J connectivity index is 2.42. The number of nitrogens with zero attached hydrogens (tertiary/aromatic N) is 1. The van der Waals surface area contributed by atoms with E-state index in [1.807, 2.05) is 6.92 Å². The third kappa shape index (κ3) is 2.17. The van der Waals surface area contributed by atoms with Crippen molar-refractivity contribution < 1.29 is 18.7 Å². The fraction of sp³-hybridized carbons (Fsp3) is 0.462. The van der Waals surface area contributed by atoms with Crippen molar-refractivity contribution in [2.45, 2.75) is 32.2 Å². The molecule has 1 saturated heterocycles. The quantitative estimate of drug-likeness (QED) is 0.902. The zero-order valence-electron chi connectivity index (χ0n) is 10.1. The van der Waals surface area contributed by atoms with Crippen molar-refractivity contribution in [3.63, 3.8) is 0 Å². The first-order valence-electron chi connectivity index (χ1n) is 6.03. The third-order valence-corrected chi connectivity index (χ3v) is 3.40. The molecule has 2 rings (SSSR count). The molecule has 1 heterocycles. The van der Waals surface area contributed by atoms with Gasteiger partial charge in [0.1, 0.15) is 17.3 Å². The Bertz CT molecular complexity index is 453. The molecule has 18 heavy (non-hydrogen) atoms. The zero-order valence-corrected chi connectivity index (χ0v) is 10.1. The molecule has 0 saturated carbocycles. The van der Waals surface area contributed by atoms with E-state index < -0.39 is 17.6 Å². The smallest absolute Gasteiger partial charge is 0.335 e. The molecule has 0 amide bonds. The summed E-state index contributed by atoms with van der Waals surface area (Å²) < 4.78 is 27.8. The summed E-state index contributed by atoms with van der Waals surface area (Å²) in [7, 11) is 0. The molecule has 1 N–H and O–H groups in total. The molecule has 1 aliphatic heterocycles. The van der Waals surface area contributed by atoms with E-state index in [0.29, 0.717) is 6.54 Å². The maximum atomic E-state index is 13.9. The Labute approximate surface area is 104 Å². The van der Waals surface area contributed by atoms with Gasteiger partial charge in [-0.15, -0.1) is 0 Å². The molecule has 1 aliphatic rings. The molecule has 1 unspecified atom stereocenters. The van der Waals surface area contributed by atoms with Gasteiger partial charge in [-0.05, 0) is 31.4 Å². The normalized spacial score (nSPS) is 19.3. The van der Waals surface area contributed by atoms with Gasteiger partial charge < -0.3 is 10.0 Å². The largest absolute Gasteiger partial charge is 0.478 e. The summed E-state index contributed by atoms with van der Waals surface area (Å²) in [5.74, 6) is -2.92. The molecule has 3 nitrogen and oxygen atoms in total. The van der Waals surface area contributed by atoms with Gasteiger partial charge in [0.05, 0.1) is 5.56 Å². The van der Waals surface area contributed by atoms with Crippen molar-refractivity contribution in [3.8, 4) is 0 Å². The highest BCUT2D eigenvalue weighted by molar-refractivity contribution is 5.88. The van der Waals surface area contributed by atoms with Crippen molar-refractivity contribution in [2.75, 3.05) is 11.4 Å². The summed E-state index contributed by atoms with van der Waals surface area (Å²) in [6, 6.07) is 1.89. The Morgan fingerprint density at radius 3 is 2.56 bits per heavy atom. The number of carbonyl (C=O) groups is 1. The maximum Gasteiger partial charge on any atom is 0.335 e. The second-order valence-corrected chi connectivity index (χ2v) is 4.49. The lowest BCUT2D eigenvalue weighted by molar-refractivity contribution is 0.0696. The van der Waals surface area contributed by atoms with Crippen LogP contribution in [0, 0.1) is 11.6 Å². The average Bonchev–Trinajstić information content (AvgIpc) is 2.76. The number of benzene rings is 1. The Hall–Kier alpha value is -1.65. The van der Waals surface area contributed by atoms with Crippen LogP contribution in [0.25, 0.3) is 0 Å². The van der Waals surface area contributed by atoms with Crippen molar-refractivity contribution in [2.24, 2.45) is 0 Å². The van der Waals surface area contributed by atoms with Crippen LogP contribution in [-0.4, -0.2) is 23.7 Å². The summed E-state index contributed by atoms with van der Waals surface area (Å²) in [4.78, 5) is 12.4. The van der Waals surface area contributed by atoms with E-state index in [1.54, 1.807) is 4.90 Å². The molecule has 1 fully saturated rings. The molecule has 0 spiro atoms. The minimum atomic E-state index is -1.33. The predicted molar refractivity (Wildman–Crippen MR) is 64.0 cm³/mol. The van der Waals surface area contributed by atoms with Crippen LogP contribution >= 0.6 is 0 Å². The van der Waals surface area contributed by atoms with Crippen LogP contribution < -0.4 is 4.90 Å². The maximum absolute atomic E-state index is 13.9. The van der Waals surface area contributed by atoms with Crippen molar-refractivity contribution >= 4 is 11.7 Å². The van der Waals surface area contributed by atoms with Crippen LogP contribution in [0.4, 0.5) is 14.5 Å². The van der Waals surface area contributed by atoms with E-state index in [-0.39, 0.29) is 17.3 Å². The predicted octanol–water partition coefficient (Wildman–Crippen LogP) is 3.04. The molecular weight excluding hydrogens is 240 g/mol. The van der Waals surface area contributed by atoms with Gasteiger partial charge in [-0.2, -0.15) is 0 Å². The lowest BCUT2D eigenvalue weighted by Crippen LogP contribution is -2.30. The number of rotatable bonds is 3. The molecule has 0 bridgehead atoms. The molecule has 1 atom stereocenters. The van der Waals surface area contributed by atoms with Crippen molar-refractivity contribution in [3.05, 3.63) is 29.3 Å². The first-order chi connectivity index (χ1) is 8.54. The minimum absolute atomic E-state index is 0.0932. The van der Waals surface area contributed by atoms with E-state index in [4.69, 9.17) is 5.11 Å². The highest BCUT2D eigenvalue weighted by Gasteiger charge is 2.28. The lowest BCUT2D eigenvalue weighted by Gasteiger charge is -2.26. The topological polar surface area (TPSA) is 40.5 Å². The highest BCUT2D eigenvalue weighted by Crippen LogP contribution is 2.32. The summed E-state index contributed by atoms with van der Waals surface area (Å²) in [6.07, 6.45) is 2.63. The van der Waals surface area contributed by atoms with Crippen molar-refractivity contribution in [1.29, 1.82) is 0 Å². The standard InChI is InChI=1S/C13H15F2NO2/c1-2-9-4-3-5-16(9)12-10(14)6-8(13(17)18)7-11(12)15/h6-7,9H,2-5H2,1H3,(H,17,18). The van der Waals surface area contributed by atoms with Crippen LogP contribution in [0.3, 0.4) is 0 Å². The lowest BCUT2D eigenvalue weighted by atomic mass is 10.1. The first kappa shape index (κ1) is 12.8. The van der Waals surface area contributed by atoms with E-state index >= 15 is 0 Å². The molecule has 1 aromatic carbocycles. The summed E-state index contributed by atoms with van der Waals surface area (Å²) in [5.41, 5.74) is -0.453. The molecule has 0 radical (unpaired) electrons. The average molecular weight is 255 g/mol. The number of hydrogen-bond donors (Lipinski definition) is 1. The molecule has 5 heteroatoms. The van der Waals surface area contributed by atoms with Gasteiger partial charge >= 0.3 is 5.97 Å². The first-order valence-corrected chi connectivity index (χ1v) is 6.03. The van der Waals surface area contributed by atoms with Gasteiger partial charge in [-0.25, -0.2) is 13.6 Å². The fourth-order valence-corrected chi connectivity index (χ4v) is 2.52. The summed E-state index contributed by atoms with van der Waals surface area (Å²) in [5, 5.41) is 8.74. The molecule has 0 aromatic heterocycles. The second kappa shape index (κ2) is 4.92. The fourth-order valence-electron chi connectivity index (χ4n) is 2.52. The number of anilines is 1. The van der Waals surface area contributed by atoms with Crippen LogP contribution in [0.1, 0.15) is 36.5 Å². The van der Waals surface area contributed by atoms with Crippen LogP contribution in [-0.2, 0) is 0 Å².